The Labute approximate surface area is 103 Å². The Morgan fingerprint density at radius 1 is 1.53 bits per heavy atom. The lowest BCUT2D eigenvalue weighted by atomic mass is 10.1. The number of methoxy groups -OCH3 is 1. The molecule has 0 aromatic carbocycles. The van der Waals surface area contributed by atoms with Crippen molar-refractivity contribution in [2.75, 3.05) is 20.3 Å². The molecule has 2 rings (SSSR count). The van der Waals surface area contributed by atoms with Crippen LogP contribution in [0.15, 0.2) is 12.5 Å². The summed E-state index contributed by atoms with van der Waals surface area (Å²) in [5.74, 6) is 0.780. The highest BCUT2D eigenvalue weighted by Gasteiger charge is 2.25. The maximum atomic E-state index is 5.02. The van der Waals surface area contributed by atoms with Gasteiger partial charge in [-0.1, -0.05) is 13.3 Å². The summed E-state index contributed by atoms with van der Waals surface area (Å²) in [7, 11) is 1.73. The SMILES string of the molecule is COCCNCc1cncn1C1CCCC1C. The van der Waals surface area contributed by atoms with Gasteiger partial charge in [-0.3, -0.25) is 0 Å². The summed E-state index contributed by atoms with van der Waals surface area (Å²) in [5, 5.41) is 3.38. The molecular formula is C13H23N3O. The fourth-order valence-electron chi connectivity index (χ4n) is 2.70. The first-order chi connectivity index (χ1) is 8.33. The molecule has 0 spiro atoms. The molecule has 1 N–H and O–H groups in total. The summed E-state index contributed by atoms with van der Waals surface area (Å²) in [6, 6.07) is 0.650. The minimum atomic E-state index is 0.650. The van der Waals surface area contributed by atoms with Gasteiger partial charge < -0.3 is 14.6 Å². The van der Waals surface area contributed by atoms with Crippen LogP contribution in [0.25, 0.3) is 0 Å². The summed E-state index contributed by atoms with van der Waals surface area (Å²) in [6.07, 6.45) is 7.95. The van der Waals surface area contributed by atoms with Gasteiger partial charge in [0.25, 0.3) is 0 Å². The molecule has 4 heteroatoms. The van der Waals surface area contributed by atoms with Crippen molar-refractivity contribution >= 4 is 0 Å². The van der Waals surface area contributed by atoms with E-state index in [0.717, 1.165) is 25.6 Å². The van der Waals surface area contributed by atoms with E-state index in [-0.39, 0.29) is 0 Å². The van der Waals surface area contributed by atoms with E-state index in [1.807, 2.05) is 12.5 Å². The van der Waals surface area contributed by atoms with Crippen molar-refractivity contribution in [1.82, 2.24) is 14.9 Å². The normalized spacial score (nSPS) is 24.4. The van der Waals surface area contributed by atoms with Crippen LogP contribution in [-0.2, 0) is 11.3 Å². The van der Waals surface area contributed by atoms with Gasteiger partial charge in [-0.15, -0.1) is 0 Å². The van der Waals surface area contributed by atoms with Crippen LogP contribution < -0.4 is 5.32 Å². The van der Waals surface area contributed by atoms with E-state index >= 15 is 0 Å². The van der Waals surface area contributed by atoms with E-state index < -0.39 is 0 Å². The lowest BCUT2D eigenvalue weighted by molar-refractivity contribution is 0.198. The van der Waals surface area contributed by atoms with Crippen molar-refractivity contribution in [2.24, 2.45) is 5.92 Å². The molecule has 0 bridgehead atoms. The van der Waals surface area contributed by atoms with Crippen LogP contribution in [0.3, 0.4) is 0 Å². The highest BCUT2D eigenvalue weighted by Crippen LogP contribution is 2.35. The van der Waals surface area contributed by atoms with Gasteiger partial charge in [0.1, 0.15) is 0 Å². The first-order valence-electron chi connectivity index (χ1n) is 6.53. The summed E-state index contributed by atoms with van der Waals surface area (Å²) in [5.41, 5.74) is 1.29. The third-order valence-electron chi connectivity index (χ3n) is 3.71. The number of imidazole rings is 1. The number of aromatic nitrogens is 2. The monoisotopic (exact) mass is 237 g/mol. The number of rotatable bonds is 6. The smallest absolute Gasteiger partial charge is 0.0951 e. The van der Waals surface area contributed by atoms with E-state index in [0.29, 0.717) is 6.04 Å². The van der Waals surface area contributed by atoms with Crippen LogP contribution in [0.1, 0.15) is 37.9 Å². The molecule has 1 fully saturated rings. The average molecular weight is 237 g/mol. The zero-order valence-corrected chi connectivity index (χ0v) is 10.9. The Morgan fingerprint density at radius 3 is 3.12 bits per heavy atom. The molecule has 4 nitrogen and oxygen atoms in total. The van der Waals surface area contributed by atoms with Crippen molar-refractivity contribution in [3.8, 4) is 0 Å². The van der Waals surface area contributed by atoms with Crippen molar-refractivity contribution in [3.05, 3.63) is 18.2 Å². The summed E-state index contributed by atoms with van der Waals surface area (Å²) in [4.78, 5) is 4.29. The zero-order chi connectivity index (χ0) is 12.1. The van der Waals surface area contributed by atoms with Crippen LogP contribution in [0.4, 0.5) is 0 Å². The highest BCUT2D eigenvalue weighted by atomic mass is 16.5. The first-order valence-corrected chi connectivity index (χ1v) is 6.53. The predicted octanol–water partition coefficient (Wildman–Crippen LogP) is 1.98. The fourth-order valence-corrected chi connectivity index (χ4v) is 2.70. The maximum absolute atomic E-state index is 5.02. The molecule has 96 valence electrons. The molecule has 1 aromatic heterocycles. The summed E-state index contributed by atoms with van der Waals surface area (Å²) < 4.78 is 7.38. The van der Waals surface area contributed by atoms with Crippen molar-refractivity contribution in [1.29, 1.82) is 0 Å². The molecule has 17 heavy (non-hydrogen) atoms. The lowest BCUT2D eigenvalue weighted by Gasteiger charge is -2.20. The number of nitrogens with one attached hydrogen (secondary N) is 1. The van der Waals surface area contributed by atoms with Crippen LogP contribution in [0.5, 0.6) is 0 Å². The molecule has 0 saturated heterocycles. The molecule has 0 radical (unpaired) electrons. The van der Waals surface area contributed by atoms with Gasteiger partial charge in [-0.05, 0) is 18.8 Å². The molecule has 2 atom stereocenters. The molecular weight excluding hydrogens is 214 g/mol. The molecule has 1 aromatic rings. The van der Waals surface area contributed by atoms with Crippen molar-refractivity contribution in [3.63, 3.8) is 0 Å². The molecule has 1 aliphatic carbocycles. The molecule has 0 aliphatic heterocycles. The topological polar surface area (TPSA) is 39.1 Å². The Morgan fingerprint density at radius 2 is 2.41 bits per heavy atom. The molecule has 1 saturated carbocycles. The van der Waals surface area contributed by atoms with Crippen molar-refractivity contribution in [2.45, 2.75) is 38.8 Å². The Bertz CT molecular complexity index is 337. The molecule has 2 unspecified atom stereocenters. The Hall–Kier alpha value is -0.870. The average Bonchev–Trinajstić information content (AvgIpc) is 2.93. The summed E-state index contributed by atoms with van der Waals surface area (Å²) >= 11 is 0. The lowest BCUT2D eigenvalue weighted by Crippen LogP contribution is -2.22. The third kappa shape index (κ3) is 3.07. The van der Waals surface area contributed by atoms with Crippen LogP contribution in [0, 0.1) is 5.92 Å². The second-order valence-electron chi connectivity index (χ2n) is 4.94. The number of ether oxygens (including phenoxy) is 1. The minimum Gasteiger partial charge on any atom is -0.383 e. The van der Waals surface area contributed by atoms with Gasteiger partial charge in [0.15, 0.2) is 0 Å². The van der Waals surface area contributed by atoms with Crippen LogP contribution >= 0.6 is 0 Å². The van der Waals surface area contributed by atoms with Gasteiger partial charge >= 0.3 is 0 Å². The standard InChI is InChI=1S/C13H23N3O/c1-11-4-3-5-13(11)16-10-15-9-12(16)8-14-6-7-17-2/h9-11,13-14H,3-8H2,1-2H3. The number of nitrogens with zero attached hydrogens (tertiary/aromatic N) is 2. The molecule has 0 amide bonds. The van der Waals surface area contributed by atoms with Crippen LogP contribution in [0.2, 0.25) is 0 Å². The second kappa shape index (κ2) is 6.17. The number of hydrogen-bond acceptors (Lipinski definition) is 3. The van der Waals surface area contributed by atoms with Crippen molar-refractivity contribution < 1.29 is 4.74 Å². The quantitative estimate of drug-likeness (QED) is 0.769. The Kier molecular flexibility index (Phi) is 4.57. The zero-order valence-electron chi connectivity index (χ0n) is 10.9. The molecule has 1 heterocycles. The summed E-state index contributed by atoms with van der Waals surface area (Å²) in [6.45, 7) is 4.88. The second-order valence-corrected chi connectivity index (χ2v) is 4.94. The largest absolute Gasteiger partial charge is 0.383 e. The van der Waals surface area contributed by atoms with Gasteiger partial charge in [-0.25, -0.2) is 4.98 Å². The van der Waals surface area contributed by atoms with E-state index in [9.17, 15) is 0 Å². The first kappa shape index (κ1) is 12.6. The van der Waals surface area contributed by atoms with E-state index in [1.54, 1.807) is 7.11 Å². The Balaban J connectivity index is 1.92. The fraction of sp³-hybridized carbons (Fsp3) is 0.769. The predicted molar refractivity (Wildman–Crippen MR) is 67.9 cm³/mol. The number of hydrogen-bond donors (Lipinski definition) is 1. The van der Waals surface area contributed by atoms with Gasteiger partial charge in [0.05, 0.1) is 18.6 Å². The van der Waals surface area contributed by atoms with E-state index in [4.69, 9.17) is 4.74 Å². The molecule has 1 aliphatic rings. The van der Waals surface area contributed by atoms with E-state index in [2.05, 4.69) is 21.8 Å². The minimum absolute atomic E-state index is 0.650. The van der Waals surface area contributed by atoms with Gasteiger partial charge in [0, 0.05) is 32.4 Å². The van der Waals surface area contributed by atoms with Gasteiger partial charge in [-0.2, -0.15) is 0 Å². The van der Waals surface area contributed by atoms with Gasteiger partial charge in [0.2, 0.25) is 0 Å². The van der Waals surface area contributed by atoms with E-state index in [1.165, 1.54) is 25.0 Å². The maximum Gasteiger partial charge on any atom is 0.0951 e. The van der Waals surface area contributed by atoms with Crippen LogP contribution in [-0.4, -0.2) is 29.8 Å². The third-order valence-corrected chi connectivity index (χ3v) is 3.71. The highest BCUT2D eigenvalue weighted by molar-refractivity contribution is 5.02.